The van der Waals surface area contributed by atoms with Gasteiger partial charge >= 0.3 is 0 Å². The Morgan fingerprint density at radius 3 is 1.77 bits per heavy atom. The summed E-state index contributed by atoms with van der Waals surface area (Å²) in [5, 5.41) is 7.51. The molecule has 0 amide bonds. The lowest BCUT2D eigenvalue weighted by Crippen LogP contribution is -2.36. The summed E-state index contributed by atoms with van der Waals surface area (Å²) in [6.45, 7) is 16.1. The molecule has 3 heterocycles. The van der Waals surface area contributed by atoms with Gasteiger partial charge in [-0.1, -0.05) is 43.2 Å². The zero-order chi connectivity index (χ0) is 26.5. The van der Waals surface area contributed by atoms with E-state index in [1.54, 1.807) is 0 Å². The molecule has 3 fully saturated rings. The van der Waals surface area contributed by atoms with E-state index < -0.39 is 0 Å². The fourth-order valence-electron chi connectivity index (χ4n) is 6.37. The monoisotopic (exact) mass is 533 g/mol. The third kappa shape index (κ3) is 9.38. The van der Waals surface area contributed by atoms with E-state index in [9.17, 15) is 0 Å². The summed E-state index contributed by atoms with van der Waals surface area (Å²) in [6, 6.07) is 16.3. The van der Waals surface area contributed by atoms with Gasteiger partial charge in [0.05, 0.1) is 13.2 Å². The third-order valence-corrected chi connectivity index (χ3v) is 8.64. The first-order valence-corrected chi connectivity index (χ1v) is 15.7. The lowest BCUT2D eigenvalue weighted by Gasteiger charge is -2.27. The molecule has 0 bridgehead atoms. The normalized spacial score (nSPS) is 19.9. The number of morpholine rings is 1. The molecule has 0 spiro atoms. The van der Waals surface area contributed by atoms with E-state index in [1.165, 1.54) is 92.5 Å². The summed E-state index contributed by atoms with van der Waals surface area (Å²) in [4.78, 5) is 7.76. The van der Waals surface area contributed by atoms with Gasteiger partial charge < -0.3 is 25.2 Å². The van der Waals surface area contributed by atoms with Crippen LogP contribution in [0.25, 0.3) is 11.1 Å². The van der Waals surface area contributed by atoms with Crippen molar-refractivity contribution in [2.24, 2.45) is 0 Å². The fraction of sp³-hybridized carbons (Fsp3) is 0.636. The van der Waals surface area contributed by atoms with Crippen LogP contribution in [0.1, 0.15) is 55.2 Å². The van der Waals surface area contributed by atoms with Crippen molar-refractivity contribution in [2.45, 2.75) is 58.2 Å². The molecule has 3 aliphatic rings. The van der Waals surface area contributed by atoms with Gasteiger partial charge in [0, 0.05) is 58.9 Å². The van der Waals surface area contributed by atoms with Gasteiger partial charge in [0.1, 0.15) is 0 Å². The van der Waals surface area contributed by atoms with Gasteiger partial charge in [-0.3, -0.25) is 4.90 Å². The van der Waals surface area contributed by atoms with Crippen LogP contribution in [-0.4, -0.2) is 93.4 Å². The molecular formula is C33H51N5O. The van der Waals surface area contributed by atoms with Gasteiger partial charge in [0.25, 0.3) is 0 Å². The molecule has 0 radical (unpaired) electrons. The third-order valence-electron chi connectivity index (χ3n) is 8.64. The predicted molar refractivity (Wildman–Crippen MR) is 162 cm³/mol. The van der Waals surface area contributed by atoms with Crippen molar-refractivity contribution in [3.63, 3.8) is 0 Å². The van der Waals surface area contributed by atoms with E-state index >= 15 is 0 Å². The SMILES string of the molecule is c1ccc(-c2cc(CNCCN3CCCCC3)cc(CNCCN3CCCCC3)c2)c(CN2CCOCC2)c1. The van der Waals surface area contributed by atoms with Crippen LogP contribution < -0.4 is 10.6 Å². The molecule has 0 aliphatic carbocycles. The number of benzene rings is 2. The molecule has 5 rings (SSSR count). The first kappa shape index (κ1) is 28.7. The molecule has 3 saturated heterocycles. The summed E-state index contributed by atoms with van der Waals surface area (Å²) < 4.78 is 5.59. The van der Waals surface area contributed by atoms with Crippen LogP contribution in [0.4, 0.5) is 0 Å². The topological polar surface area (TPSA) is 43.0 Å². The van der Waals surface area contributed by atoms with Crippen LogP contribution >= 0.6 is 0 Å². The van der Waals surface area contributed by atoms with Crippen molar-refractivity contribution in [3.05, 3.63) is 59.2 Å². The number of hydrogen-bond donors (Lipinski definition) is 2. The second kappa shape index (κ2) is 15.8. The Kier molecular flexibility index (Phi) is 11.7. The van der Waals surface area contributed by atoms with Crippen LogP contribution in [0, 0.1) is 0 Å². The van der Waals surface area contributed by atoms with E-state index in [4.69, 9.17) is 4.74 Å². The van der Waals surface area contributed by atoms with E-state index in [1.807, 2.05) is 0 Å². The smallest absolute Gasteiger partial charge is 0.0594 e. The zero-order valence-corrected chi connectivity index (χ0v) is 24.1. The molecule has 0 unspecified atom stereocenters. The summed E-state index contributed by atoms with van der Waals surface area (Å²) in [7, 11) is 0. The lowest BCUT2D eigenvalue weighted by atomic mass is 9.95. The molecule has 6 nitrogen and oxygen atoms in total. The average Bonchev–Trinajstić information content (AvgIpc) is 2.99. The summed E-state index contributed by atoms with van der Waals surface area (Å²) >= 11 is 0. The molecule has 0 aromatic heterocycles. The van der Waals surface area contributed by atoms with Crippen molar-refractivity contribution < 1.29 is 4.74 Å². The maximum Gasteiger partial charge on any atom is 0.0594 e. The van der Waals surface area contributed by atoms with Gasteiger partial charge in [-0.25, -0.2) is 0 Å². The van der Waals surface area contributed by atoms with Crippen molar-refractivity contribution >= 4 is 0 Å². The van der Waals surface area contributed by atoms with Crippen molar-refractivity contribution in [1.29, 1.82) is 0 Å². The van der Waals surface area contributed by atoms with Crippen molar-refractivity contribution in [1.82, 2.24) is 25.3 Å². The van der Waals surface area contributed by atoms with E-state index in [0.717, 1.165) is 72.1 Å². The van der Waals surface area contributed by atoms with E-state index in [-0.39, 0.29) is 0 Å². The van der Waals surface area contributed by atoms with Crippen LogP contribution in [0.15, 0.2) is 42.5 Å². The molecule has 2 N–H and O–H groups in total. The predicted octanol–water partition coefficient (Wildman–Crippen LogP) is 4.34. The van der Waals surface area contributed by atoms with Gasteiger partial charge in [0.15, 0.2) is 0 Å². The van der Waals surface area contributed by atoms with Crippen LogP contribution in [-0.2, 0) is 24.4 Å². The average molecular weight is 534 g/mol. The molecule has 6 heteroatoms. The molecular weight excluding hydrogens is 482 g/mol. The minimum absolute atomic E-state index is 0.841. The highest BCUT2D eigenvalue weighted by atomic mass is 16.5. The number of likely N-dealkylation sites (tertiary alicyclic amines) is 2. The maximum absolute atomic E-state index is 5.59. The minimum atomic E-state index is 0.841. The van der Waals surface area contributed by atoms with Crippen molar-refractivity contribution in [2.75, 3.05) is 78.7 Å². The molecule has 214 valence electrons. The first-order valence-electron chi connectivity index (χ1n) is 15.7. The second-order valence-corrected chi connectivity index (χ2v) is 11.7. The Balaban J connectivity index is 1.24. The maximum atomic E-state index is 5.59. The molecule has 2 aromatic carbocycles. The van der Waals surface area contributed by atoms with Crippen LogP contribution in [0.5, 0.6) is 0 Å². The van der Waals surface area contributed by atoms with Crippen LogP contribution in [0.2, 0.25) is 0 Å². The highest BCUT2D eigenvalue weighted by Gasteiger charge is 2.15. The summed E-state index contributed by atoms with van der Waals surface area (Å²) in [5.41, 5.74) is 6.91. The quantitative estimate of drug-likeness (QED) is 0.374. The van der Waals surface area contributed by atoms with E-state index in [0.29, 0.717) is 0 Å². The first-order chi connectivity index (χ1) is 19.3. The van der Waals surface area contributed by atoms with Gasteiger partial charge in [-0.2, -0.15) is 0 Å². The molecule has 0 atom stereocenters. The number of nitrogens with zero attached hydrogens (tertiary/aromatic N) is 3. The number of nitrogens with one attached hydrogen (secondary N) is 2. The largest absolute Gasteiger partial charge is 0.379 e. The minimum Gasteiger partial charge on any atom is -0.379 e. The summed E-state index contributed by atoms with van der Waals surface area (Å²) in [6.07, 6.45) is 8.25. The number of rotatable bonds is 13. The Labute approximate surface area is 237 Å². The number of ether oxygens (including phenoxy) is 1. The van der Waals surface area contributed by atoms with Gasteiger partial charge in [0.2, 0.25) is 0 Å². The molecule has 0 saturated carbocycles. The van der Waals surface area contributed by atoms with E-state index in [2.05, 4.69) is 67.8 Å². The Morgan fingerprint density at radius 1 is 0.615 bits per heavy atom. The fourth-order valence-corrected chi connectivity index (χ4v) is 6.37. The molecule has 3 aliphatic heterocycles. The lowest BCUT2D eigenvalue weighted by molar-refractivity contribution is 0.0342. The number of piperidine rings is 2. The van der Waals surface area contributed by atoms with Gasteiger partial charge in [-0.05, 0) is 91.8 Å². The Morgan fingerprint density at radius 2 is 1.18 bits per heavy atom. The summed E-state index contributed by atoms with van der Waals surface area (Å²) in [5.74, 6) is 0. The number of hydrogen-bond acceptors (Lipinski definition) is 6. The standard InChI is InChI=1S/C33H51N5O/c1-5-13-36(14-6-1)17-11-34-26-29-23-30(27-35-12-18-37-15-7-2-8-16-37)25-32(24-29)33-10-4-3-9-31(33)28-38-19-21-39-22-20-38/h3-4,9-10,23-25,34-35H,1-2,5-8,11-22,26-28H2. The molecule has 2 aromatic rings. The second-order valence-electron chi connectivity index (χ2n) is 11.7. The van der Waals surface area contributed by atoms with Crippen LogP contribution in [0.3, 0.4) is 0 Å². The zero-order valence-electron chi connectivity index (χ0n) is 24.1. The van der Waals surface area contributed by atoms with Crippen molar-refractivity contribution in [3.8, 4) is 11.1 Å². The highest BCUT2D eigenvalue weighted by Crippen LogP contribution is 2.27. The van der Waals surface area contributed by atoms with Gasteiger partial charge in [-0.15, -0.1) is 0 Å². The highest BCUT2D eigenvalue weighted by molar-refractivity contribution is 5.69. The molecule has 39 heavy (non-hydrogen) atoms. The Bertz CT molecular complexity index is 936. The Hall–Kier alpha value is -1.80.